The van der Waals surface area contributed by atoms with Crippen LogP contribution in [-0.4, -0.2) is 15.6 Å². The highest BCUT2D eigenvalue weighted by molar-refractivity contribution is 6.36. The molecule has 2 N–H and O–H groups in total. The van der Waals surface area contributed by atoms with E-state index in [-0.39, 0.29) is 11.7 Å². The van der Waals surface area contributed by atoms with Gasteiger partial charge < -0.3 is 15.0 Å². The summed E-state index contributed by atoms with van der Waals surface area (Å²) in [5.74, 6) is 0.132. The van der Waals surface area contributed by atoms with Crippen LogP contribution >= 0.6 is 11.6 Å². The predicted molar refractivity (Wildman–Crippen MR) is 130 cm³/mol. The smallest absolute Gasteiger partial charge is 0.256 e. The summed E-state index contributed by atoms with van der Waals surface area (Å²) in [4.78, 5) is 12.6. The zero-order valence-corrected chi connectivity index (χ0v) is 18.2. The number of hydrogen-bond donors (Lipinski definition) is 2. The molecule has 158 valence electrons. The van der Waals surface area contributed by atoms with E-state index in [0.29, 0.717) is 17.0 Å². The lowest BCUT2D eigenvalue weighted by molar-refractivity contribution is -0.110. The molecule has 0 spiro atoms. The number of aromatic hydroxyl groups is 1. The van der Waals surface area contributed by atoms with Crippen LogP contribution in [-0.2, 0) is 18.3 Å². The van der Waals surface area contributed by atoms with E-state index in [9.17, 15) is 9.90 Å². The molecule has 5 heteroatoms. The van der Waals surface area contributed by atoms with Crippen molar-refractivity contribution in [2.75, 3.05) is 5.32 Å². The van der Waals surface area contributed by atoms with Crippen LogP contribution in [0.4, 0.5) is 5.69 Å². The largest absolute Gasteiger partial charge is 0.507 e. The Morgan fingerprint density at radius 1 is 0.969 bits per heavy atom. The minimum atomic E-state index is -0.112. The number of nitrogens with one attached hydrogen (secondary N) is 1. The Morgan fingerprint density at radius 3 is 2.38 bits per heavy atom. The predicted octanol–water partition coefficient (Wildman–Crippen LogP) is 6.30. The second-order valence-corrected chi connectivity index (χ2v) is 8.34. The van der Waals surface area contributed by atoms with Crippen LogP contribution in [0.3, 0.4) is 0 Å². The third kappa shape index (κ3) is 3.70. The van der Waals surface area contributed by atoms with Gasteiger partial charge in [0.1, 0.15) is 5.75 Å². The number of aromatic nitrogens is 1. The van der Waals surface area contributed by atoms with Crippen LogP contribution in [0.5, 0.6) is 5.75 Å². The maximum absolute atomic E-state index is 12.6. The molecule has 0 bridgehead atoms. The summed E-state index contributed by atoms with van der Waals surface area (Å²) in [6.07, 6.45) is 6.68. The van der Waals surface area contributed by atoms with Crippen LogP contribution in [0.25, 0.3) is 27.8 Å². The average Bonchev–Trinajstić information content (AvgIpc) is 3.33. The number of hydrogen-bond acceptors (Lipinski definition) is 2. The summed E-state index contributed by atoms with van der Waals surface area (Å²) in [7, 11) is 1.98. The Morgan fingerprint density at radius 2 is 1.69 bits per heavy atom. The van der Waals surface area contributed by atoms with Crippen molar-refractivity contribution in [1.29, 1.82) is 0 Å². The number of halogens is 1. The van der Waals surface area contributed by atoms with E-state index in [1.54, 1.807) is 12.1 Å². The van der Waals surface area contributed by atoms with E-state index in [0.717, 1.165) is 39.1 Å². The molecule has 0 radical (unpaired) electrons. The third-order valence-electron chi connectivity index (χ3n) is 5.74. The summed E-state index contributed by atoms with van der Waals surface area (Å²) in [5, 5.41) is 13.6. The molecule has 1 amide bonds. The number of phenols is 1. The van der Waals surface area contributed by atoms with Gasteiger partial charge in [-0.2, -0.15) is 0 Å². The number of fused-ring (bicyclic) bond motifs is 1. The number of aryl methyl sites for hydroxylation is 1. The lowest BCUT2D eigenvalue weighted by Crippen LogP contribution is -2.03. The van der Waals surface area contributed by atoms with Gasteiger partial charge in [0.05, 0.1) is 10.7 Å². The summed E-state index contributed by atoms with van der Waals surface area (Å²) in [5.41, 5.74) is 6.89. The Hall–Kier alpha value is -3.76. The first-order valence-electron chi connectivity index (χ1n) is 10.3. The fraction of sp³-hybridized carbons (Fsp3) is 0.0741. The minimum Gasteiger partial charge on any atom is -0.507 e. The van der Waals surface area contributed by atoms with Crippen LogP contribution < -0.4 is 5.32 Å². The molecule has 3 aromatic carbocycles. The molecule has 32 heavy (non-hydrogen) atoms. The molecule has 0 fully saturated rings. The molecule has 0 aliphatic carbocycles. The van der Waals surface area contributed by atoms with E-state index in [2.05, 4.69) is 5.32 Å². The Kier molecular flexibility index (Phi) is 5.08. The zero-order valence-electron chi connectivity index (χ0n) is 17.5. The first-order chi connectivity index (χ1) is 15.5. The first-order valence-corrected chi connectivity index (χ1v) is 10.7. The van der Waals surface area contributed by atoms with Crippen molar-refractivity contribution in [2.45, 2.75) is 6.42 Å². The highest BCUT2D eigenvalue weighted by Crippen LogP contribution is 2.40. The van der Waals surface area contributed by atoms with E-state index < -0.39 is 0 Å². The number of rotatable bonds is 4. The van der Waals surface area contributed by atoms with Gasteiger partial charge in [-0.3, -0.25) is 4.79 Å². The zero-order chi connectivity index (χ0) is 22.2. The summed E-state index contributed by atoms with van der Waals surface area (Å²) >= 11 is 6.58. The van der Waals surface area contributed by atoms with Crippen molar-refractivity contribution in [3.8, 4) is 28.0 Å². The van der Waals surface area contributed by atoms with E-state index in [4.69, 9.17) is 11.6 Å². The highest BCUT2D eigenvalue weighted by Gasteiger charge is 2.25. The minimum absolute atomic E-state index is 0.112. The molecule has 4 nitrogen and oxygen atoms in total. The molecule has 2 heterocycles. The molecule has 5 rings (SSSR count). The number of para-hydroxylation sites is 1. The number of nitrogens with zero attached hydrogens (tertiary/aromatic N) is 1. The molecule has 1 aromatic heterocycles. The van der Waals surface area contributed by atoms with Crippen LogP contribution in [0, 0.1) is 0 Å². The van der Waals surface area contributed by atoms with Crippen LogP contribution in [0.15, 0.2) is 85.2 Å². The van der Waals surface area contributed by atoms with Gasteiger partial charge in [0.25, 0.3) is 5.91 Å². The Labute approximate surface area is 191 Å². The third-order valence-corrected chi connectivity index (χ3v) is 6.05. The molecule has 1 aliphatic heterocycles. The number of carbonyl (C=O) groups is 1. The van der Waals surface area contributed by atoms with Gasteiger partial charge in [0, 0.05) is 41.7 Å². The quantitative estimate of drug-likeness (QED) is 0.366. The molecule has 0 atom stereocenters. The van der Waals surface area contributed by atoms with Crippen LogP contribution in [0.2, 0.25) is 5.02 Å². The first kappa shape index (κ1) is 20.2. The molecule has 0 saturated carbocycles. The topological polar surface area (TPSA) is 54.3 Å². The maximum atomic E-state index is 12.6. The number of allylic oxidation sites excluding steroid dienone is 1. The van der Waals surface area contributed by atoms with E-state index in [1.165, 1.54) is 0 Å². The van der Waals surface area contributed by atoms with Crippen LogP contribution in [0.1, 0.15) is 11.1 Å². The lowest BCUT2D eigenvalue weighted by Gasteiger charge is -2.10. The maximum Gasteiger partial charge on any atom is 0.256 e. The van der Waals surface area contributed by atoms with Gasteiger partial charge in [-0.15, -0.1) is 0 Å². The van der Waals surface area contributed by atoms with Crippen molar-refractivity contribution < 1.29 is 9.90 Å². The Balaban J connectivity index is 1.49. The summed E-state index contributed by atoms with van der Waals surface area (Å²) in [6, 6.07) is 21.0. The van der Waals surface area contributed by atoms with Gasteiger partial charge in [0.15, 0.2) is 0 Å². The molecule has 0 saturated heterocycles. The van der Waals surface area contributed by atoms with Crippen molar-refractivity contribution >= 4 is 28.8 Å². The van der Waals surface area contributed by atoms with Crippen molar-refractivity contribution in [1.82, 2.24) is 4.57 Å². The van der Waals surface area contributed by atoms with E-state index >= 15 is 0 Å². The molecule has 0 unspecified atom stereocenters. The standard InChI is InChI=1S/C27H21ClN2O2/c1-30-13-12-17(16-30)6-11-21-23-14-22(24(28)15-25(23)29-27(21)32)19-9-7-18(8-10-19)20-4-2-3-5-26(20)31/h2-5,7-16,31H,6H2,1H3,(H,29,32)/b21-11-. The van der Waals surface area contributed by atoms with Gasteiger partial charge >= 0.3 is 0 Å². The van der Waals surface area contributed by atoms with Crippen molar-refractivity contribution in [3.05, 3.63) is 101 Å². The number of carbonyl (C=O) groups excluding carboxylic acids is 1. The highest BCUT2D eigenvalue weighted by atomic mass is 35.5. The normalized spacial score (nSPS) is 13.9. The number of benzene rings is 3. The molecule has 4 aromatic rings. The molecular weight excluding hydrogens is 420 g/mol. The van der Waals surface area contributed by atoms with Gasteiger partial charge in [0.2, 0.25) is 0 Å². The lowest BCUT2D eigenvalue weighted by atomic mass is 9.96. The number of amides is 1. The monoisotopic (exact) mass is 440 g/mol. The Bertz CT molecular complexity index is 1370. The van der Waals surface area contributed by atoms with Crippen molar-refractivity contribution in [3.63, 3.8) is 0 Å². The number of anilines is 1. The molecule has 1 aliphatic rings. The van der Waals surface area contributed by atoms with Gasteiger partial charge in [-0.1, -0.05) is 60.1 Å². The van der Waals surface area contributed by atoms with Crippen molar-refractivity contribution in [2.24, 2.45) is 7.05 Å². The van der Waals surface area contributed by atoms with Gasteiger partial charge in [-0.05, 0) is 47.4 Å². The number of phenolic OH excluding ortho intramolecular Hbond substituents is 1. The average molecular weight is 441 g/mol. The second kappa shape index (κ2) is 8.06. The second-order valence-electron chi connectivity index (χ2n) is 7.93. The molecular formula is C27H21ClN2O2. The fourth-order valence-corrected chi connectivity index (χ4v) is 4.36. The fourth-order valence-electron chi connectivity index (χ4n) is 4.08. The van der Waals surface area contributed by atoms with Gasteiger partial charge in [-0.25, -0.2) is 0 Å². The van der Waals surface area contributed by atoms with E-state index in [1.807, 2.05) is 84.7 Å². The summed E-state index contributed by atoms with van der Waals surface area (Å²) < 4.78 is 1.99. The summed E-state index contributed by atoms with van der Waals surface area (Å²) in [6.45, 7) is 0. The SMILES string of the molecule is Cn1ccc(C/C=C2\C(=O)Nc3cc(Cl)c(-c4ccc(-c5ccccc5O)cc4)cc32)c1.